The minimum atomic E-state index is -2.75. The Morgan fingerprint density at radius 2 is 1.82 bits per heavy atom. The lowest BCUT2D eigenvalue weighted by molar-refractivity contribution is 0.0453. The lowest BCUT2D eigenvalue weighted by Gasteiger charge is -2.46. The van der Waals surface area contributed by atoms with Gasteiger partial charge in [0, 0.05) is 24.7 Å². The minimum Gasteiger partial charge on any atom is -0.329 e. The van der Waals surface area contributed by atoms with E-state index >= 15 is 0 Å². The average Bonchev–Trinajstić information content (AvgIpc) is 2.29. The summed E-state index contributed by atoms with van der Waals surface area (Å²) >= 11 is 0. The molecule has 2 unspecified atom stereocenters. The van der Waals surface area contributed by atoms with Crippen LogP contribution in [0.5, 0.6) is 0 Å². The normalized spacial score (nSPS) is 35.9. The molecule has 5 heteroatoms. The largest absolute Gasteiger partial charge is 0.329 e. The molecule has 17 heavy (non-hydrogen) atoms. The van der Waals surface area contributed by atoms with Gasteiger partial charge in [0.25, 0.3) is 0 Å². The molecule has 0 amide bonds. The van der Waals surface area contributed by atoms with Crippen molar-refractivity contribution < 1.29 is 8.42 Å². The van der Waals surface area contributed by atoms with E-state index < -0.39 is 9.84 Å². The number of nitrogens with two attached hydrogens (primary N) is 1. The fourth-order valence-corrected chi connectivity index (χ4v) is 4.85. The monoisotopic (exact) mass is 260 g/mol. The highest BCUT2D eigenvalue weighted by Gasteiger charge is 2.35. The van der Waals surface area contributed by atoms with E-state index in [2.05, 4.69) is 11.8 Å². The molecule has 100 valence electrons. The molecule has 2 N–H and O–H groups in total. The van der Waals surface area contributed by atoms with Crippen LogP contribution in [0.25, 0.3) is 0 Å². The van der Waals surface area contributed by atoms with E-state index in [0.717, 1.165) is 12.8 Å². The minimum absolute atomic E-state index is 0.359. The predicted octanol–water partition coefficient (Wildman–Crippen LogP) is 0.765. The van der Waals surface area contributed by atoms with Gasteiger partial charge in [-0.25, -0.2) is 8.42 Å². The van der Waals surface area contributed by atoms with E-state index in [1.165, 1.54) is 19.3 Å². The molecule has 2 atom stereocenters. The summed E-state index contributed by atoms with van der Waals surface area (Å²) in [5.74, 6) is 0.719. The smallest absolute Gasteiger partial charge is 0.150 e. The molecule has 4 nitrogen and oxygen atoms in total. The molecule has 0 aliphatic carbocycles. The van der Waals surface area contributed by atoms with Crippen LogP contribution in [0.4, 0.5) is 0 Å². The molecule has 2 aliphatic rings. The third-order valence-electron chi connectivity index (χ3n) is 4.31. The first kappa shape index (κ1) is 13.3. The van der Waals surface area contributed by atoms with Crippen LogP contribution in [0.1, 0.15) is 39.0 Å². The van der Waals surface area contributed by atoms with Crippen molar-refractivity contribution in [3.8, 4) is 0 Å². The summed E-state index contributed by atoms with van der Waals surface area (Å²) in [5, 5.41) is 0. The first-order chi connectivity index (χ1) is 8.03. The van der Waals surface area contributed by atoms with Crippen molar-refractivity contribution in [2.75, 3.05) is 18.1 Å². The fourth-order valence-electron chi connectivity index (χ4n) is 3.38. The molecule has 2 fully saturated rings. The summed E-state index contributed by atoms with van der Waals surface area (Å²) in [4.78, 5) is 2.51. The Hall–Kier alpha value is -0.130. The highest BCUT2D eigenvalue weighted by atomic mass is 32.2. The van der Waals surface area contributed by atoms with Crippen LogP contribution in [0.2, 0.25) is 0 Å². The Labute approximate surface area is 104 Å². The van der Waals surface area contributed by atoms with E-state index in [-0.39, 0.29) is 0 Å². The van der Waals surface area contributed by atoms with E-state index in [1.807, 2.05) is 0 Å². The first-order valence-electron chi connectivity index (χ1n) is 6.71. The van der Waals surface area contributed by atoms with Crippen LogP contribution >= 0.6 is 0 Å². The highest BCUT2D eigenvalue weighted by molar-refractivity contribution is 7.91. The zero-order valence-corrected chi connectivity index (χ0v) is 11.5. The third kappa shape index (κ3) is 3.01. The quantitative estimate of drug-likeness (QED) is 0.796. The Bertz CT molecular complexity index is 342. The second kappa shape index (κ2) is 5.24. The van der Waals surface area contributed by atoms with E-state index in [9.17, 15) is 8.42 Å². The van der Waals surface area contributed by atoms with Gasteiger partial charge >= 0.3 is 0 Å². The van der Waals surface area contributed by atoms with E-state index in [1.54, 1.807) is 0 Å². The number of hydrogen-bond acceptors (Lipinski definition) is 4. The van der Waals surface area contributed by atoms with Crippen molar-refractivity contribution >= 4 is 9.84 Å². The second-order valence-corrected chi connectivity index (χ2v) is 7.80. The summed E-state index contributed by atoms with van der Waals surface area (Å²) in [5.41, 5.74) is 5.86. The maximum Gasteiger partial charge on any atom is 0.150 e. The maximum atomic E-state index is 11.5. The van der Waals surface area contributed by atoms with E-state index in [0.29, 0.717) is 36.2 Å². The van der Waals surface area contributed by atoms with Crippen molar-refractivity contribution in [3.63, 3.8) is 0 Å². The molecule has 2 heterocycles. The number of piperidine rings is 1. The Kier molecular flexibility index (Phi) is 4.10. The van der Waals surface area contributed by atoms with Crippen LogP contribution in [0.15, 0.2) is 0 Å². The molecule has 0 radical (unpaired) electrons. The average molecular weight is 260 g/mol. The molecule has 2 aliphatic heterocycles. The maximum absolute atomic E-state index is 11.5. The number of rotatable bonds is 2. The third-order valence-corrected chi connectivity index (χ3v) is 6.02. The van der Waals surface area contributed by atoms with Crippen LogP contribution < -0.4 is 5.73 Å². The van der Waals surface area contributed by atoms with Gasteiger partial charge in [-0.1, -0.05) is 6.42 Å². The molecular formula is C12H24N2O2S. The summed E-state index contributed by atoms with van der Waals surface area (Å²) < 4.78 is 22.9. The van der Waals surface area contributed by atoms with Gasteiger partial charge in [0.15, 0.2) is 0 Å². The van der Waals surface area contributed by atoms with Crippen molar-refractivity contribution in [2.24, 2.45) is 5.73 Å². The van der Waals surface area contributed by atoms with Crippen molar-refractivity contribution in [3.05, 3.63) is 0 Å². The highest BCUT2D eigenvalue weighted by Crippen LogP contribution is 2.29. The first-order valence-corrected chi connectivity index (χ1v) is 8.53. The van der Waals surface area contributed by atoms with Crippen molar-refractivity contribution in [1.29, 1.82) is 0 Å². The molecule has 0 aromatic heterocycles. The number of nitrogens with zero attached hydrogens (tertiary/aromatic N) is 1. The lowest BCUT2D eigenvalue weighted by atomic mass is 9.92. The Balaban J connectivity index is 2.04. The SMILES string of the molecule is CC1CCCC(CN)N1C1CCS(=O)(=O)CC1. The van der Waals surface area contributed by atoms with Gasteiger partial charge < -0.3 is 5.73 Å². The molecule has 0 spiro atoms. The van der Waals surface area contributed by atoms with Gasteiger partial charge in [-0.3, -0.25) is 4.90 Å². The standard InChI is InChI=1S/C12H24N2O2S/c1-10-3-2-4-12(9-13)14(10)11-5-7-17(15,16)8-6-11/h10-12H,2-9,13H2,1H3. The van der Waals surface area contributed by atoms with Gasteiger partial charge in [-0.05, 0) is 32.6 Å². The number of hydrogen-bond donors (Lipinski definition) is 1. The zero-order valence-electron chi connectivity index (χ0n) is 10.6. The molecule has 2 rings (SSSR count). The van der Waals surface area contributed by atoms with Crippen molar-refractivity contribution in [2.45, 2.75) is 57.2 Å². The lowest BCUT2D eigenvalue weighted by Crippen LogP contribution is -2.55. The molecule has 0 bridgehead atoms. The summed E-state index contributed by atoms with van der Waals surface area (Å²) in [7, 11) is -2.75. The van der Waals surface area contributed by atoms with Crippen molar-refractivity contribution in [1.82, 2.24) is 4.90 Å². The van der Waals surface area contributed by atoms with Crippen LogP contribution in [0, 0.1) is 0 Å². The molecule has 0 aromatic carbocycles. The second-order valence-electron chi connectivity index (χ2n) is 5.50. The van der Waals surface area contributed by atoms with Gasteiger partial charge in [-0.2, -0.15) is 0 Å². The Morgan fingerprint density at radius 3 is 2.41 bits per heavy atom. The van der Waals surface area contributed by atoms with Gasteiger partial charge in [0.2, 0.25) is 0 Å². The van der Waals surface area contributed by atoms with Gasteiger partial charge in [0.1, 0.15) is 9.84 Å². The molecule has 2 saturated heterocycles. The number of likely N-dealkylation sites (tertiary alicyclic amines) is 1. The van der Waals surface area contributed by atoms with Gasteiger partial charge in [0.05, 0.1) is 11.5 Å². The van der Waals surface area contributed by atoms with E-state index in [4.69, 9.17) is 5.73 Å². The predicted molar refractivity (Wildman–Crippen MR) is 69.7 cm³/mol. The summed E-state index contributed by atoms with van der Waals surface area (Å²) in [6, 6.07) is 1.45. The molecule has 0 saturated carbocycles. The topological polar surface area (TPSA) is 63.4 Å². The zero-order chi connectivity index (χ0) is 12.5. The molecular weight excluding hydrogens is 236 g/mol. The number of sulfone groups is 1. The van der Waals surface area contributed by atoms with Gasteiger partial charge in [-0.15, -0.1) is 0 Å². The van der Waals surface area contributed by atoms with Crippen LogP contribution in [0.3, 0.4) is 0 Å². The summed E-state index contributed by atoms with van der Waals surface area (Å²) in [6.07, 6.45) is 5.24. The van der Waals surface area contributed by atoms with Crippen LogP contribution in [-0.2, 0) is 9.84 Å². The molecule has 0 aromatic rings. The van der Waals surface area contributed by atoms with Crippen LogP contribution in [-0.4, -0.2) is 49.5 Å². The fraction of sp³-hybridized carbons (Fsp3) is 1.00. The summed E-state index contributed by atoms with van der Waals surface area (Å²) in [6.45, 7) is 2.96. The Morgan fingerprint density at radius 1 is 1.18 bits per heavy atom.